The summed E-state index contributed by atoms with van der Waals surface area (Å²) in [4.78, 5) is 20.8. The van der Waals surface area contributed by atoms with E-state index in [1.165, 1.54) is 4.68 Å². The molecule has 1 rings (SSSR count). The minimum Gasteiger partial charge on any atom is -0.481 e. The smallest absolute Gasteiger partial charge is 0.333 e. The molecule has 0 atom stereocenters. The zero-order valence-corrected chi connectivity index (χ0v) is 11.8. The van der Waals surface area contributed by atoms with Crippen LogP contribution in [0.1, 0.15) is 37.8 Å². The molecule has 0 bridgehead atoms. The number of nitro groups is 1. The van der Waals surface area contributed by atoms with Crippen LogP contribution in [0.3, 0.4) is 0 Å². The monoisotopic (exact) mass is 284 g/mol. The van der Waals surface area contributed by atoms with E-state index in [-0.39, 0.29) is 12.1 Å². The molecule has 0 aromatic carbocycles. The molecule has 2 N–H and O–H groups in total. The lowest BCUT2D eigenvalue weighted by Crippen LogP contribution is -2.08. The minimum atomic E-state index is -0.774. The number of aryl methyl sites for hydroxylation is 2. The topological polar surface area (TPSA) is 110 Å². The first kappa shape index (κ1) is 15.9. The van der Waals surface area contributed by atoms with Crippen LogP contribution in [-0.2, 0) is 11.8 Å². The van der Waals surface area contributed by atoms with Crippen LogP contribution in [0.4, 0.5) is 11.5 Å². The van der Waals surface area contributed by atoms with Gasteiger partial charge in [0.15, 0.2) is 0 Å². The first-order valence-electron chi connectivity index (χ1n) is 6.57. The number of unbranched alkanes of at least 4 members (excludes halogenated alkanes) is 3. The van der Waals surface area contributed by atoms with Gasteiger partial charge in [-0.3, -0.25) is 14.9 Å². The molecule has 0 aliphatic rings. The Morgan fingerprint density at radius 2 is 2.05 bits per heavy atom. The second-order valence-corrected chi connectivity index (χ2v) is 4.65. The number of carbonyl (C=O) groups is 1. The highest BCUT2D eigenvalue weighted by Gasteiger charge is 2.23. The van der Waals surface area contributed by atoms with Crippen molar-refractivity contribution in [3.05, 3.63) is 15.8 Å². The molecule has 0 saturated carbocycles. The standard InChI is InChI=1S/C12H20N4O4/c1-9-11(16(19)20)12(15(2)14-9)13-8-6-4-3-5-7-10(17)18/h13H,3-8H2,1-2H3,(H,17,18). The number of hydrogen-bond acceptors (Lipinski definition) is 5. The molecule has 0 aliphatic carbocycles. The van der Waals surface area contributed by atoms with E-state index in [9.17, 15) is 14.9 Å². The van der Waals surface area contributed by atoms with Crippen LogP contribution in [0.25, 0.3) is 0 Å². The Kier molecular flexibility index (Phi) is 5.95. The second-order valence-electron chi connectivity index (χ2n) is 4.65. The van der Waals surface area contributed by atoms with Crippen molar-refractivity contribution in [1.82, 2.24) is 9.78 Å². The number of hydrogen-bond donors (Lipinski definition) is 2. The summed E-state index contributed by atoms with van der Waals surface area (Å²) in [6, 6.07) is 0. The van der Waals surface area contributed by atoms with Gasteiger partial charge in [-0.25, -0.2) is 4.68 Å². The number of nitrogens with one attached hydrogen (secondary N) is 1. The summed E-state index contributed by atoms with van der Waals surface area (Å²) in [6.45, 7) is 2.21. The number of carboxylic acid groups (broad SMARTS) is 1. The van der Waals surface area contributed by atoms with Crippen molar-refractivity contribution < 1.29 is 14.8 Å². The molecule has 1 aromatic heterocycles. The minimum absolute atomic E-state index is 0.0124. The predicted octanol–water partition coefficient (Wildman–Crippen LogP) is 2.08. The van der Waals surface area contributed by atoms with Gasteiger partial charge in [0.1, 0.15) is 5.69 Å². The molecule has 0 amide bonds. The van der Waals surface area contributed by atoms with Crippen LogP contribution >= 0.6 is 0 Å². The highest BCUT2D eigenvalue weighted by atomic mass is 16.6. The molecule has 0 fully saturated rings. The average molecular weight is 284 g/mol. The van der Waals surface area contributed by atoms with Gasteiger partial charge in [0.05, 0.1) is 4.92 Å². The summed E-state index contributed by atoms with van der Waals surface area (Å²) < 4.78 is 1.47. The van der Waals surface area contributed by atoms with Crippen LogP contribution in [0.5, 0.6) is 0 Å². The first-order valence-corrected chi connectivity index (χ1v) is 6.57. The van der Waals surface area contributed by atoms with Gasteiger partial charge in [-0.05, 0) is 19.8 Å². The summed E-state index contributed by atoms with van der Waals surface area (Å²) in [7, 11) is 1.66. The largest absolute Gasteiger partial charge is 0.481 e. The van der Waals surface area contributed by atoms with Gasteiger partial charge in [0.25, 0.3) is 0 Å². The molecular formula is C12H20N4O4. The van der Waals surface area contributed by atoms with Crippen molar-refractivity contribution in [1.29, 1.82) is 0 Å². The fourth-order valence-electron chi connectivity index (χ4n) is 2.03. The van der Waals surface area contributed by atoms with Gasteiger partial charge in [0.2, 0.25) is 5.82 Å². The molecule has 0 radical (unpaired) electrons. The summed E-state index contributed by atoms with van der Waals surface area (Å²) in [5, 5.41) is 26.5. The molecule has 20 heavy (non-hydrogen) atoms. The lowest BCUT2D eigenvalue weighted by atomic mass is 10.1. The zero-order chi connectivity index (χ0) is 15.1. The third-order valence-corrected chi connectivity index (χ3v) is 2.98. The normalized spacial score (nSPS) is 10.5. The van der Waals surface area contributed by atoms with E-state index in [0.717, 1.165) is 19.3 Å². The Hall–Kier alpha value is -2.12. The maximum atomic E-state index is 11.0. The van der Waals surface area contributed by atoms with Crippen molar-refractivity contribution in [2.75, 3.05) is 11.9 Å². The Morgan fingerprint density at radius 1 is 1.40 bits per heavy atom. The Morgan fingerprint density at radius 3 is 2.65 bits per heavy atom. The maximum Gasteiger partial charge on any atom is 0.333 e. The van der Waals surface area contributed by atoms with Crippen LogP contribution in [0, 0.1) is 17.0 Å². The van der Waals surface area contributed by atoms with Crippen molar-refractivity contribution in [3.63, 3.8) is 0 Å². The number of aromatic nitrogens is 2. The van der Waals surface area contributed by atoms with Gasteiger partial charge < -0.3 is 10.4 Å². The van der Waals surface area contributed by atoms with E-state index < -0.39 is 10.9 Å². The second kappa shape index (κ2) is 7.46. The van der Waals surface area contributed by atoms with Crippen molar-refractivity contribution in [2.24, 2.45) is 7.05 Å². The van der Waals surface area contributed by atoms with Gasteiger partial charge in [-0.15, -0.1) is 0 Å². The molecule has 0 unspecified atom stereocenters. The van der Waals surface area contributed by atoms with E-state index in [0.29, 0.717) is 24.5 Å². The number of nitrogens with zero attached hydrogens (tertiary/aromatic N) is 3. The van der Waals surface area contributed by atoms with E-state index in [2.05, 4.69) is 10.4 Å². The number of rotatable bonds is 9. The lowest BCUT2D eigenvalue weighted by molar-refractivity contribution is -0.384. The number of anilines is 1. The molecule has 1 heterocycles. The lowest BCUT2D eigenvalue weighted by Gasteiger charge is -2.05. The summed E-state index contributed by atoms with van der Waals surface area (Å²) >= 11 is 0. The molecule has 112 valence electrons. The van der Waals surface area contributed by atoms with Gasteiger partial charge in [0, 0.05) is 20.0 Å². The number of aliphatic carboxylic acids is 1. The molecule has 8 heteroatoms. The van der Waals surface area contributed by atoms with E-state index in [1.54, 1.807) is 14.0 Å². The zero-order valence-electron chi connectivity index (χ0n) is 11.8. The Bertz CT molecular complexity index is 484. The highest BCUT2D eigenvalue weighted by molar-refractivity contribution is 5.66. The van der Waals surface area contributed by atoms with Crippen LogP contribution in [-0.4, -0.2) is 32.3 Å². The fourth-order valence-corrected chi connectivity index (χ4v) is 2.03. The summed E-state index contributed by atoms with van der Waals surface area (Å²) in [5.74, 6) is -0.359. The van der Waals surface area contributed by atoms with E-state index in [4.69, 9.17) is 5.11 Å². The quantitative estimate of drug-likeness (QED) is 0.408. The first-order chi connectivity index (χ1) is 9.43. The average Bonchev–Trinajstić information content (AvgIpc) is 2.62. The Labute approximate surface area is 116 Å². The third kappa shape index (κ3) is 4.52. The van der Waals surface area contributed by atoms with Gasteiger partial charge >= 0.3 is 11.7 Å². The van der Waals surface area contributed by atoms with Crippen LogP contribution in [0.2, 0.25) is 0 Å². The number of carboxylic acids is 1. The molecule has 1 aromatic rings. The maximum absolute atomic E-state index is 11.0. The molecule has 0 saturated heterocycles. The van der Waals surface area contributed by atoms with E-state index >= 15 is 0 Å². The van der Waals surface area contributed by atoms with Crippen LogP contribution < -0.4 is 5.32 Å². The van der Waals surface area contributed by atoms with Gasteiger partial charge in [-0.2, -0.15) is 5.10 Å². The van der Waals surface area contributed by atoms with Crippen molar-refractivity contribution in [3.8, 4) is 0 Å². The molecular weight excluding hydrogens is 264 g/mol. The highest BCUT2D eigenvalue weighted by Crippen LogP contribution is 2.27. The summed E-state index contributed by atoms with van der Waals surface area (Å²) in [5.41, 5.74) is 0.403. The predicted molar refractivity (Wildman–Crippen MR) is 73.8 cm³/mol. The van der Waals surface area contributed by atoms with Crippen molar-refractivity contribution in [2.45, 2.75) is 39.0 Å². The molecule has 0 aliphatic heterocycles. The molecule has 0 spiro atoms. The van der Waals surface area contributed by atoms with Gasteiger partial charge in [-0.1, -0.05) is 12.8 Å². The van der Waals surface area contributed by atoms with Crippen LogP contribution in [0.15, 0.2) is 0 Å². The Balaban J connectivity index is 2.35. The van der Waals surface area contributed by atoms with Crippen molar-refractivity contribution >= 4 is 17.5 Å². The SMILES string of the molecule is Cc1nn(C)c(NCCCCCCC(=O)O)c1[N+](=O)[O-]. The van der Waals surface area contributed by atoms with E-state index in [1.807, 2.05) is 0 Å². The third-order valence-electron chi connectivity index (χ3n) is 2.98. The molecule has 8 nitrogen and oxygen atoms in total. The fraction of sp³-hybridized carbons (Fsp3) is 0.667. The summed E-state index contributed by atoms with van der Waals surface area (Å²) in [6.07, 6.45) is 3.44.